The van der Waals surface area contributed by atoms with Crippen LogP contribution in [0, 0.1) is 0 Å². The van der Waals surface area contributed by atoms with Gasteiger partial charge in [-0.15, -0.1) is 0 Å². The lowest BCUT2D eigenvalue weighted by atomic mass is 10.0. The summed E-state index contributed by atoms with van der Waals surface area (Å²) in [5, 5.41) is 5.44. The number of carbonyl (C=O) groups excluding carboxylic acids is 2. The maximum absolute atomic E-state index is 12.4. The van der Waals surface area contributed by atoms with Gasteiger partial charge in [0.15, 0.2) is 0 Å². The lowest BCUT2D eigenvalue weighted by molar-refractivity contribution is -0.116. The van der Waals surface area contributed by atoms with E-state index >= 15 is 0 Å². The van der Waals surface area contributed by atoms with Crippen molar-refractivity contribution >= 4 is 39.4 Å². The lowest BCUT2D eigenvalue weighted by Crippen LogP contribution is -2.35. The molecule has 3 amide bonds. The highest BCUT2D eigenvalue weighted by Crippen LogP contribution is 2.22. The Morgan fingerprint density at radius 2 is 1.85 bits per heavy atom. The number of nitrogens with one attached hydrogen (secondary N) is 2. The zero-order chi connectivity index (χ0) is 19.2. The van der Waals surface area contributed by atoms with Gasteiger partial charge in [-0.25, -0.2) is 9.78 Å². The fraction of sp³-hybridized carbons (Fsp3) is 0.316. The topological polar surface area (TPSA) is 100 Å². The molecule has 3 rings (SSSR count). The summed E-state index contributed by atoms with van der Waals surface area (Å²) in [7, 11) is 0. The van der Waals surface area contributed by atoms with Gasteiger partial charge in [0.1, 0.15) is 5.82 Å². The van der Waals surface area contributed by atoms with Crippen molar-refractivity contribution in [2.24, 2.45) is 5.73 Å². The van der Waals surface area contributed by atoms with Crippen LogP contribution in [-0.2, 0) is 4.79 Å². The number of anilines is 2. The molecule has 2 aromatic rings. The predicted molar refractivity (Wildman–Crippen MR) is 109 cm³/mol. The standard InChI is InChI=1S/C19H22BrN5O2/c20-14-5-3-13(4-6-14)16(24-19(21)27)11-18(26)23-15-7-8-17(22-12-15)25-9-1-2-10-25/h3-8,12,16H,1-2,9-11H2,(H,23,26)(H3,21,24,27)/t16-/m1/s1. The smallest absolute Gasteiger partial charge is 0.312 e. The molecule has 1 aromatic carbocycles. The minimum Gasteiger partial charge on any atom is -0.357 e. The summed E-state index contributed by atoms with van der Waals surface area (Å²) in [6.07, 6.45) is 4.09. The minimum atomic E-state index is -0.674. The largest absolute Gasteiger partial charge is 0.357 e. The van der Waals surface area contributed by atoms with Gasteiger partial charge >= 0.3 is 6.03 Å². The molecule has 4 N–H and O–H groups in total. The van der Waals surface area contributed by atoms with Crippen LogP contribution in [0.4, 0.5) is 16.3 Å². The number of primary amides is 1. The molecular formula is C19H22BrN5O2. The van der Waals surface area contributed by atoms with Crippen LogP contribution in [0.3, 0.4) is 0 Å². The highest BCUT2D eigenvalue weighted by Gasteiger charge is 2.18. The summed E-state index contributed by atoms with van der Waals surface area (Å²) in [6, 6.07) is 9.95. The number of urea groups is 1. The molecular weight excluding hydrogens is 410 g/mol. The van der Waals surface area contributed by atoms with Gasteiger partial charge in [0.2, 0.25) is 5.91 Å². The van der Waals surface area contributed by atoms with E-state index in [9.17, 15) is 9.59 Å². The van der Waals surface area contributed by atoms with E-state index in [1.165, 1.54) is 12.8 Å². The Hall–Kier alpha value is -2.61. The molecule has 0 radical (unpaired) electrons. The number of nitrogens with zero attached hydrogens (tertiary/aromatic N) is 2. The summed E-state index contributed by atoms with van der Waals surface area (Å²) in [5.74, 6) is 0.695. The average Bonchev–Trinajstić information content (AvgIpc) is 3.17. The molecule has 8 heteroatoms. The first-order valence-corrected chi connectivity index (χ1v) is 9.63. The van der Waals surface area contributed by atoms with Crippen molar-refractivity contribution < 1.29 is 9.59 Å². The summed E-state index contributed by atoms with van der Waals surface area (Å²) < 4.78 is 0.915. The van der Waals surface area contributed by atoms with Crippen molar-refractivity contribution in [1.29, 1.82) is 0 Å². The Morgan fingerprint density at radius 3 is 2.44 bits per heavy atom. The molecule has 0 spiro atoms. The molecule has 0 bridgehead atoms. The number of nitrogens with two attached hydrogens (primary N) is 1. The third kappa shape index (κ3) is 5.43. The number of hydrogen-bond donors (Lipinski definition) is 3. The maximum Gasteiger partial charge on any atom is 0.312 e. The van der Waals surface area contributed by atoms with E-state index in [-0.39, 0.29) is 12.3 Å². The number of halogens is 1. The monoisotopic (exact) mass is 431 g/mol. The van der Waals surface area contributed by atoms with E-state index in [2.05, 4.69) is 36.4 Å². The molecule has 1 aliphatic heterocycles. The molecule has 0 saturated carbocycles. The Labute approximate surface area is 166 Å². The van der Waals surface area contributed by atoms with Crippen molar-refractivity contribution in [3.05, 3.63) is 52.6 Å². The second-order valence-corrected chi connectivity index (χ2v) is 7.38. The van der Waals surface area contributed by atoms with Crippen molar-refractivity contribution in [3.8, 4) is 0 Å². The lowest BCUT2D eigenvalue weighted by Gasteiger charge is -2.18. The van der Waals surface area contributed by atoms with Crippen LogP contribution in [0.25, 0.3) is 0 Å². The molecule has 1 saturated heterocycles. The molecule has 27 heavy (non-hydrogen) atoms. The van der Waals surface area contributed by atoms with Crippen molar-refractivity contribution in [2.75, 3.05) is 23.3 Å². The van der Waals surface area contributed by atoms with Gasteiger partial charge in [-0.2, -0.15) is 0 Å². The van der Waals surface area contributed by atoms with Crippen LogP contribution in [-0.4, -0.2) is 30.0 Å². The zero-order valence-electron chi connectivity index (χ0n) is 14.8. The molecule has 0 aliphatic carbocycles. The zero-order valence-corrected chi connectivity index (χ0v) is 16.4. The summed E-state index contributed by atoms with van der Waals surface area (Å²) in [5.41, 5.74) is 6.68. The number of carbonyl (C=O) groups is 2. The van der Waals surface area contributed by atoms with Gasteiger partial charge in [-0.1, -0.05) is 28.1 Å². The van der Waals surface area contributed by atoms with Gasteiger partial charge in [0.25, 0.3) is 0 Å². The van der Waals surface area contributed by atoms with Crippen LogP contribution in [0.5, 0.6) is 0 Å². The van der Waals surface area contributed by atoms with Crippen LogP contribution >= 0.6 is 15.9 Å². The molecule has 1 fully saturated rings. The summed E-state index contributed by atoms with van der Waals surface area (Å²) >= 11 is 3.37. The van der Waals surface area contributed by atoms with Crippen molar-refractivity contribution in [2.45, 2.75) is 25.3 Å². The number of pyridine rings is 1. The quantitative estimate of drug-likeness (QED) is 0.653. The molecule has 1 aliphatic rings. The minimum absolute atomic E-state index is 0.0679. The van der Waals surface area contributed by atoms with Gasteiger partial charge in [-0.3, -0.25) is 4.79 Å². The number of rotatable bonds is 6. The van der Waals surface area contributed by atoms with Crippen LogP contribution in [0.2, 0.25) is 0 Å². The van der Waals surface area contributed by atoms with Gasteiger partial charge in [0, 0.05) is 17.6 Å². The Balaban J connectivity index is 1.63. The molecule has 1 aromatic heterocycles. The van der Waals surface area contributed by atoms with E-state index in [0.29, 0.717) is 5.69 Å². The number of benzene rings is 1. The first kappa shape index (κ1) is 19.2. The van der Waals surface area contributed by atoms with Crippen molar-refractivity contribution in [3.63, 3.8) is 0 Å². The van der Waals surface area contributed by atoms with Crippen LogP contribution in [0.15, 0.2) is 47.1 Å². The molecule has 1 atom stereocenters. The Bertz CT molecular complexity index is 789. The van der Waals surface area contributed by atoms with E-state index in [1.54, 1.807) is 6.20 Å². The van der Waals surface area contributed by atoms with Crippen LogP contribution < -0.4 is 21.3 Å². The second-order valence-electron chi connectivity index (χ2n) is 6.46. The van der Waals surface area contributed by atoms with E-state index in [1.807, 2.05) is 36.4 Å². The summed E-state index contributed by atoms with van der Waals surface area (Å²) in [4.78, 5) is 30.4. The maximum atomic E-state index is 12.4. The average molecular weight is 432 g/mol. The fourth-order valence-corrected chi connectivity index (χ4v) is 3.37. The Morgan fingerprint density at radius 1 is 1.15 bits per heavy atom. The third-order valence-electron chi connectivity index (χ3n) is 4.44. The SMILES string of the molecule is NC(=O)N[C@H](CC(=O)Nc1ccc(N2CCCC2)nc1)c1ccc(Br)cc1. The summed E-state index contributed by atoms with van der Waals surface area (Å²) in [6.45, 7) is 2.04. The first-order chi connectivity index (χ1) is 13.0. The van der Waals surface area contributed by atoms with Crippen LogP contribution in [0.1, 0.15) is 30.9 Å². The predicted octanol–water partition coefficient (Wildman–Crippen LogP) is 3.18. The molecule has 7 nitrogen and oxygen atoms in total. The highest BCUT2D eigenvalue weighted by atomic mass is 79.9. The first-order valence-electron chi connectivity index (χ1n) is 8.83. The third-order valence-corrected chi connectivity index (χ3v) is 4.97. The number of aromatic nitrogens is 1. The fourth-order valence-electron chi connectivity index (χ4n) is 3.11. The molecule has 142 valence electrons. The highest BCUT2D eigenvalue weighted by molar-refractivity contribution is 9.10. The number of amides is 3. The number of hydrogen-bond acceptors (Lipinski definition) is 4. The normalized spacial score (nSPS) is 14.6. The van der Waals surface area contributed by atoms with E-state index < -0.39 is 12.1 Å². The van der Waals surface area contributed by atoms with Gasteiger partial charge < -0.3 is 21.3 Å². The van der Waals surface area contributed by atoms with Gasteiger partial charge in [-0.05, 0) is 42.7 Å². The van der Waals surface area contributed by atoms with E-state index in [4.69, 9.17) is 5.73 Å². The van der Waals surface area contributed by atoms with Crippen molar-refractivity contribution in [1.82, 2.24) is 10.3 Å². The molecule has 0 unspecified atom stereocenters. The van der Waals surface area contributed by atoms with Gasteiger partial charge in [0.05, 0.1) is 24.3 Å². The Kier molecular flexibility index (Phi) is 6.28. The second kappa shape index (κ2) is 8.85. The van der Waals surface area contributed by atoms with E-state index in [0.717, 1.165) is 28.9 Å². The molecule has 2 heterocycles.